The molecule has 2 amide bonds. The first-order valence-electron chi connectivity index (χ1n) is 6.85. The maximum absolute atomic E-state index is 11.9. The van der Waals surface area contributed by atoms with Gasteiger partial charge in [-0.3, -0.25) is 9.59 Å². The summed E-state index contributed by atoms with van der Waals surface area (Å²) >= 11 is 0. The van der Waals surface area contributed by atoms with Gasteiger partial charge < -0.3 is 26.2 Å². The second-order valence-electron chi connectivity index (χ2n) is 5.59. The summed E-state index contributed by atoms with van der Waals surface area (Å²) in [7, 11) is 0. The topological polar surface area (TPSA) is 131 Å². The lowest BCUT2D eigenvalue weighted by Gasteiger charge is -2.23. The minimum Gasteiger partial charge on any atom is -0.480 e. The van der Waals surface area contributed by atoms with Crippen LogP contribution in [0.1, 0.15) is 40.0 Å². The van der Waals surface area contributed by atoms with Gasteiger partial charge in [0.05, 0.1) is 0 Å². The molecule has 8 nitrogen and oxygen atoms in total. The largest absolute Gasteiger partial charge is 0.480 e. The highest BCUT2D eigenvalue weighted by Crippen LogP contribution is 2.08. The molecule has 0 aromatic carbocycles. The van der Waals surface area contributed by atoms with Crippen LogP contribution in [0.3, 0.4) is 0 Å². The zero-order valence-corrected chi connectivity index (χ0v) is 12.8. The fourth-order valence-corrected chi connectivity index (χ4v) is 1.50. The van der Waals surface area contributed by atoms with Gasteiger partial charge in [-0.2, -0.15) is 0 Å². The van der Waals surface area contributed by atoms with Crippen LogP contribution in [-0.4, -0.2) is 47.8 Å². The Bertz CT molecular complexity index is 365. The molecular formula is C13H25N3O5. The molecule has 0 aromatic heterocycles. The number of hydrogen-bond donors (Lipinski definition) is 4. The van der Waals surface area contributed by atoms with Crippen LogP contribution in [0, 0.1) is 0 Å². The normalized spacial score (nSPS) is 12.4. The molecule has 8 heteroatoms. The van der Waals surface area contributed by atoms with Crippen molar-refractivity contribution in [3.63, 3.8) is 0 Å². The van der Waals surface area contributed by atoms with Crippen molar-refractivity contribution in [2.24, 2.45) is 5.73 Å². The van der Waals surface area contributed by atoms with Crippen molar-refractivity contribution in [1.29, 1.82) is 0 Å². The van der Waals surface area contributed by atoms with Crippen LogP contribution in [0.5, 0.6) is 0 Å². The lowest BCUT2D eigenvalue weighted by atomic mass is 10.1. The highest BCUT2D eigenvalue weighted by atomic mass is 16.6. The van der Waals surface area contributed by atoms with Crippen molar-refractivity contribution >= 4 is 18.0 Å². The van der Waals surface area contributed by atoms with Gasteiger partial charge >= 0.3 is 12.1 Å². The van der Waals surface area contributed by atoms with Crippen LogP contribution in [0.25, 0.3) is 0 Å². The van der Waals surface area contributed by atoms with E-state index in [0.717, 1.165) is 0 Å². The van der Waals surface area contributed by atoms with E-state index in [1.165, 1.54) is 0 Å². The molecule has 0 radical (unpaired) electrons. The zero-order chi connectivity index (χ0) is 16.5. The second-order valence-corrected chi connectivity index (χ2v) is 5.59. The Morgan fingerprint density at radius 1 is 1.24 bits per heavy atom. The first kappa shape index (κ1) is 19.2. The van der Waals surface area contributed by atoms with E-state index in [1.807, 2.05) is 0 Å². The average molecular weight is 303 g/mol. The molecule has 0 aliphatic heterocycles. The summed E-state index contributed by atoms with van der Waals surface area (Å²) in [5.41, 5.74) is 4.71. The Labute approximate surface area is 124 Å². The number of hydrogen-bond acceptors (Lipinski definition) is 5. The second kappa shape index (κ2) is 9.17. The van der Waals surface area contributed by atoms with Gasteiger partial charge in [-0.1, -0.05) is 0 Å². The van der Waals surface area contributed by atoms with Crippen LogP contribution in [0.15, 0.2) is 0 Å². The van der Waals surface area contributed by atoms with Crippen molar-refractivity contribution in [2.75, 3.05) is 13.1 Å². The average Bonchev–Trinajstić information content (AvgIpc) is 2.32. The molecule has 0 aliphatic carbocycles. The molecule has 0 rings (SSSR count). The number of nitrogens with two attached hydrogens (primary N) is 1. The lowest BCUT2D eigenvalue weighted by molar-refractivity contribution is -0.138. The van der Waals surface area contributed by atoms with Gasteiger partial charge in [0.2, 0.25) is 5.91 Å². The lowest BCUT2D eigenvalue weighted by Crippen LogP contribution is -2.49. The Balaban J connectivity index is 4.53. The monoisotopic (exact) mass is 303 g/mol. The van der Waals surface area contributed by atoms with Crippen LogP contribution < -0.4 is 16.4 Å². The summed E-state index contributed by atoms with van der Waals surface area (Å²) in [4.78, 5) is 34.0. The maximum Gasteiger partial charge on any atom is 0.408 e. The summed E-state index contributed by atoms with van der Waals surface area (Å²) in [6.45, 7) is 5.11. The molecule has 0 aromatic rings. The molecule has 0 heterocycles. The number of carbonyl (C=O) groups excluding carboxylic acids is 2. The number of aliphatic carboxylic acids is 1. The third-order valence-electron chi connectivity index (χ3n) is 2.37. The minimum absolute atomic E-state index is 0.363. The molecule has 1 atom stereocenters. The first-order valence-corrected chi connectivity index (χ1v) is 6.85. The number of carboxylic acids is 1. The molecule has 0 fully saturated rings. The van der Waals surface area contributed by atoms with Crippen molar-refractivity contribution in [1.82, 2.24) is 10.6 Å². The molecule has 5 N–H and O–H groups in total. The van der Waals surface area contributed by atoms with Crippen molar-refractivity contribution in [3.8, 4) is 0 Å². The van der Waals surface area contributed by atoms with Crippen molar-refractivity contribution in [3.05, 3.63) is 0 Å². The smallest absolute Gasteiger partial charge is 0.408 e. The molecule has 0 saturated carbocycles. The predicted octanol–water partition coefficient (Wildman–Crippen LogP) is 0.210. The number of carbonyl (C=O) groups is 3. The number of ether oxygens (including phenoxy) is 1. The summed E-state index contributed by atoms with van der Waals surface area (Å²) < 4.78 is 5.08. The third-order valence-corrected chi connectivity index (χ3v) is 2.37. The quantitative estimate of drug-likeness (QED) is 0.474. The predicted molar refractivity (Wildman–Crippen MR) is 76.7 cm³/mol. The number of amides is 2. The van der Waals surface area contributed by atoms with Gasteiger partial charge in [-0.15, -0.1) is 0 Å². The SMILES string of the molecule is CC(C)(C)OC(=O)N[C@H](CCCCN)C(=O)NCC(=O)O. The van der Waals surface area contributed by atoms with Gasteiger partial charge in [0.15, 0.2) is 0 Å². The summed E-state index contributed by atoms with van der Waals surface area (Å²) in [5, 5.41) is 13.2. The number of alkyl carbamates (subject to hydrolysis) is 1. The van der Waals surface area contributed by atoms with E-state index in [4.69, 9.17) is 15.6 Å². The molecular weight excluding hydrogens is 278 g/mol. The van der Waals surface area contributed by atoms with Gasteiger partial charge in [0, 0.05) is 0 Å². The van der Waals surface area contributed by atoms with E-state index in [9.17, 15) is 14.4 Å². The zero-order valence-electron chi connectivity index (χ0n) is 12.8. The molecule has 0 aliphatic rings. The molecule has 0 saturated heterocycles. The van der Waals surface area contributed by atoms with E-state index in [1.54, 1.807) is 20.8 Å². The van der Waals surface area contributed by atoms with Crippen LogP contribution in [-0.2, 0) is 14.3 Å². The maximum atomic E-state index is 11.9. The van der Waals surface area contributed by atoms with E-state index < -0.39 is 36.2 Å². The van der Waals surface area contributed by atoms with Crippen LogP contribution >= 0.6 is 0 Å². The molecule has 21 heavy (non-hydrogen) atoms. The van der Waals surface area contributed by atoms with Crippen LogP contribution in [0.4, 0.5) is 4.79 Å². The summed E-state index contributed by atoms with van der Waals surface area (Å²) in [5.74, 6) is -1.71. The van der Waals surface area contributed by atoms with Gasteiger partial charge in [-0.25, -0.2) is 4.79 Å². The van der Waals surface area contributed by atoms with E-state index in [0.29, 0.717) is 25.8 Å². The van der Waals surface area contributed by atoms with E-state index >= 15 is 0 Å². The fraction of sp³-hybridized carbons (Fsp3) is 0.769. The van der Waals surface area contributed by atoms with Crippen molar-refractivity contribution in [2.45, 2.75) is 51.7 Å². The number of rotatable bonds is 8. The van der Waals surface area contributed by atoms with E-state index in [-0.39, 0.29) is 0 Å². The van der Waals surface area contributed by atoms with Gasteiger partial charge in [0.1, 0.15) is 18.2 Å². The molecule has 0 bridgehead atoms. The standard InChI is InChI=1S/C13H25N3O5/c1-13(2,3)21-12(20)16-9(6-4-5-7-14)11(19)15-8-10(17)18/h9H,4-8,14H2,1-3H3,(H,15,19)(H,16,20)(H,17,18)/t9-/m1/s1. The number of unbranched alkanes of at least 4 members (excludes halogenated alkanes) is 1. The summed E-state index contributed by atoms with van der Waals surface area (Å²) in [6, 6.07) is -0.842. The van der Waals surface area contributed by atoms with Crippen LogP contribution in [0.2, 0.25) is 0 Å². The third kappa shape index (κ3) is 10.6. The van der Waals surface area contributed by atoms with Gasteiger partial charge in [-0.05, 0) is 46.6 Å². The minimum atomic E-state index is -1.15. The first-order chi connectivity index (χ1) is 9.65. The Morgan fingerprint density at radius 3 is 2.33 bits per heavy atom. The molecule has 122 valence electrons. The highest BCUT2D eigenvalue weighted by Gasteiger charge is 2.24. The van der Waals surface area contributed by atoms with Crippen molar-refractivity contribution < 1.29 is 24.2 Å². The Hall–Kier alpha value is -1.83. The molecule has 0 unspecified atom stereocenters. The Morgan fingerprint density at radius 2 is 1.86 bits per heavy atom. The molecule has 0 spiro atoms. The highest BCUT2D eigenvalue weighted by molar-refractivity contribution is 5.87. The number of carboxylic acid groups (broad SMARTS) is 1. The number of nitrogens with one attached hydrogen (secondary N) is 2. The Kier molecular flexibility index (Phi) is 8.37. The van der Waals surface area contributed by atoms with Gasteiger partial charge in [0.25, 0.3) is 0 Å². The van der Waals surface area contributed by atoms with E-state index in [2.05, 4.69) is 10.6 Å². The fourth-order valence-electron chi connectivity index (χ4n) is 1.50. The summed E-state index contributed by atoms with van der Waals surface area (Å²) in [6.07, 6.45) is 0.989.